The molecule has 1 aliphatic rings. The number of hydrogen-bond acceptors (Lipinski definition) is 1. The van der Waals surface area contributed by atoms with Crippen LogP contribution in [0.1, 0.15) is 73.3 Å². The van der Waals surface area contributed by atoms with Gasteiger partial charge in [0.05, 0.1) is 0 Å². The number of aliphatic hydroxyl groups is 1. The maximum absolute atomic E-state index is 10.6. The highest BCUT2D eigenvalue weighted by Gasteiger charge is 2.20. The van der Waals surface area contributed by atoms with Crippen LogP contribution in [0.4, 0.5) is 0 Å². The van der Waals surface area contributed by atoms with E-state index in [0.29, 0.717) is 11.8 Å². The SMILES string of the molecule is CC(C)c1ccc(C(O)c2cccc(C3CCC3)c2)cc1. The quantitative estimate of drug-likeness (QED) is 0.820. The van der Waals surface area contributed by atoms with Crippen molar-refractivity contribution in [3.05, 3.63) is 70.8 Å². The zero-order valence-electron chi connectivity index (χ0n) is 12.9. The fraction of sp³-hybridized carbons (Fsp3) is 0.400. The minimum atomic E-state index is -0.522. The molecule has 21 heavy (non-hydrogen) atoms. The Morgan fingerprint density at radius 3 is 2.14 bits per heavy atom. The standard InChI is InChI=1S/C20H24O/c1-14(2)15-9-11-17(12-10-15)20(21)19-8-4-7-18(13-19)16-5-3-6-16/h4,7-14,16,20-21H,3,5-6H2,1-2H3. The highest BCUT2D eigenvalue weighted by Crippen LogP contribution is 2.37. The maximum atomic E-state index is 10.6. The average Bonchev–Trinajstić information content (AvgIpc) is 2.45. The lowest BCUT2D eigenvalue weighted by Crippen LogP contribution is -2.09. The van der Waals surface area contributed by atoms with Crippen LogP contribution in [-0.2, 0) is 0 Å². The van der Waals surface area contributed by atoms with Crippen molar-refractivity contribution in [1.82, 2.24) is 0 Å². The molecule has 2 aromatic rings. The van der Waals surface area contributed by atoms with Crippen molar-refractivity contribution in [2.75, 3.05) is 0 Å². The van der Waals surface area contributed by atoms with Gasteiger partial charge in [0.2, 0.25) is 0 Å². The van der Waals surface area contributed by atoms with Crippen molar-refractivity contribution in [2.24, 2.45) is 0 Å². The largest absolute Gasteiger partial charge is 0.384 e. The van der Waals surface area contributed by atoms with Gasteiger partial charge in [-0.05, 0) is 46.9 Å². The van der Waals surface area contributed by atoms with E-state index in [2.05, 4.69) is 56.3 Å². The molecule has 0 radical (unpaired) electrons. The van der Waals surface area contributed by atoms with Crippen molar-refractivity contribution in [3.63, 3.8) is 0 Å². The van der Waals surface area contributed by atoms with Gasteiger partial charge in [-0.3, -0.25) is 0 Å². The molecule has 0 spiro atoms. The molecule has 0 aliphatic heterocycles. The molecule has 2 aromatic carbocycles. The predicted octanol–water partition coefficient (Wildman–Crippen LogP) is 5.16. The minimum absolute atomic E-state index is 0.522. The van der Waals surface area contributed by atoms with Crippen LogP contribution in [-0.4, -0.2) is 5.11 Å². The Hall–Kier alpha value is -1.60. The molecule has 0 aromatic heterocycles. The van der Waals surface area contributed by atoms with Crippen molar-refractivity contribution >= 4 is 0 Å². The van der Waals surface area contributed by atoms with Gasteiger partial charge in [0.15, 0.2) is 0 Å². The molecule has 1 N–H and O–H groups in total. The summed E-state index contributed by atoms with van der Waals surface area (Å²) < 4.78 is 0. The van der Waals surface area contributed by atoms with Gasteiger partial charge in [0, 0.05) is 0 Å². The van der Waals surface area contributed by atoms with Gasteiger partial charge in [-0.25, -0.2) is 0 Å². The lowest BCUT2D eigenvalue weighted by molar-refractivity contribution is 0.220. The highest BCUT2D eigenvalue weighted by atomic mass is 16.3. The normalized spacial score (nSPS) is 16.8. The first-order valence-electron chi connectivity index (χ1n) is 8.03. The summed E-state index contributed by atoms with van der Waals surface area (Å²) in [4.78, 5) is 0. The predicted molar refractivity (Wildman–Crippen MR) is 87.6 cm³/mol. The second-order valence-corrected chi connectivity index (χ2v) is 6.52. The summed E-state index contributed by atoms with van der Waals surface area (Å²) >= 11 is 0. The highest BCUT2D eigenvalue weighted by molar-refractivity contribution is 5.36. The van der Waals surface area contributed by atoms with E-state index < -0.39 is 6.10 Å². The van der Waals surface area contributed by atoms with Gasteiger partial charge >= 0.3 is 0 Å². The van der Waals surface area contributed by atoms with E-state index in [0.717, 1.165) is 11.1 Å². The summed E-state index contributed by atoms with van der Waals surface area (Å²) in [5.74, 6) is 1.23. The van der Waals surface area contributed by atoms with Crippen LogP contribution >= 0.6 is 0 Å². The first-order chi connectivity index (χ1) is 10.1. The molecule has 0 heterocycles. The molecule has 1 saturated carbocycles. The van der Waals surface area contributed by atoms with Gasteiger partial charge in [0.1, 0.15) is 6.10 Å². The van der Waals surface area contributed by atoms with Crippen LogP contribution in [0.5, 0.6) is 0 Å². The van der Waals surface area contributed by atoms with Crippen LogP contribution in [0.2, 0.25) is 0 Å². The van der Waals surface area contributed by atoms with Gasteiger partial charge in [-0.2, -0.15) is 0 Å². The number of benzene rings is 2. The smallest absolute Gasteiger partial charge is 0.104 e. The third kappa shape index (κ3) is 3.03. The molecule has 0 saturated heterocycles. The molecular weight excluding hydrogens is 256 g/mol. The van der Waals surface area contributed by atoms with Gasteiger partial charge < -0.3 is 5.11 Å². The zero-order chi connectivity index (χ0) is 14.8. The Kier molecular flexibility index (Phi) is 4.12. The molecule has 1 nitrogen and oxygen atoms in total. The van der Waals surface area contributed by atoms with Crippen molar-refractivity contribution < 1.29 is 5.11 Å². The van der Waals surface area contributed by atoms with Crippen LogP contribution in [0.15, 0.2) is 48.5 Å². The van der Waals surface area contributed by atoms with Crippen LogP contribution < -0.4 is 0 Å². The Labute approximate surface area is 127 Å². The second-order valence-electron chi connectivity index (χ2n) is 6.52. The van der Waals surface area contributed by atoms with Crippen molar-refractivity contribution in [1.29, 1.82) is 0 Å². The van der Waals surface area contributed by atoms with Gasteiger partial charge in [0.25, 0.3) is 0 Å². The number of rotatable bonds is 4. The molecule has 110 valence electrons. The lowest BCUT2D eigenvalue weighted by Gasteiger charge is -2.26. The van der Waals surface area contributed by atoms with Crippen LogP contribution in [0.25, 0.3) is 0 Å². The molecular formula is C20H24O. The molecule has 1 atom stereocenters. The maximum Gasteiger partial charge on any atom is 0.104 e. The molecule has 1 aliphatic carbocycles. The molecule has 1 heteroatoms. The lowest BCUT2D eigenvalue weighted by atomic mass is 9.79. The first-order valence-corrected chi connectivity index (χ1v) is 8.03. The van der Waals surface area contributed by atoms with E-state index in [-0.39, 0.29) is 0 Å². The fourth-order valence-electron chi connectivity index (χ4n) is 2.98. The third-order valence-electron chi connectivity index (χ3n) is 4.72. The summed E-state index contributed by atoms with van der Waals surface area (Å²) in [7, 11) is 0. The van der Waals surface area contributed by atoms with Gasteiger partial charge in [-0.15, -0.1) is 0 Å². The summed E-state index contributed by atoms with van der Waals surface area (Å²) in [6.45, 7) is 4.38. The second kappa shape index (κ2) is 6.03. The molecule has 3 rings (SSSR count). The van der Waals surface area contributed by atoms with E-state index in [1.165, 1.54) is 30.4 Å². The van der Waals surface area contributed by atoms with E-state index in [4.69, 9.17) is 0 Å². The molecule has 0 bridgehead atoms. The van der Waals surface area contributed by atoms with Crippen LogP contribution in [0.3, 0.4) is 0 Å². The third-order valence-corrected chi connectivity index (χ3v) is 4.72. The van der Waals surface area contributed by atoms with Crippen molar-refractivity contribution in [2.45, 2.75) is 51.0 Å². The Balaban J connectivity index is 1.82. The molecule has 1 fully saturated rings. The van der Waals surface area contributed by atoms with E-state index >= 15 is 0 Å². The Morgan fingerprint density at radius 2 is 1.57 bits per heavy atom. The topological polar surface area (TPSA) is 20.2 Å². The number of aliphatic hydroxyl groups excluding tert-OH is 1. The van der Waals surface area contributed by atoms with E-state index in [1.807, 2.05) is 6.07 Å². The average molecular weight is 280 g/mol. The van der Waals surface area contributed by atoms with Crippen molar-refractivity contribution in [3.8, 4) is 0 Å². The minimum Gasteiger partial charge on any atom is -0.384 e. The molecule has 1 unspecified atom stereocenters. The Bertz CT molecular complexity index is 593. The summed E-state index contributed by atoms with van der Waals surface area (Å²) in [6.07, 6.45) is 3.41. The van der Waals surface area contributed by atoms with Gasteiger partial charge in [-0.1, -0.05) is 68.8 Å². The summed E-state index contributed by atoms with van der Waals surface area (Å²) in [6, 6.07) is 16.8. The monoisotopic (exact) mass is 280 g/mol. The number of hydrogen-bond donors (Lipinski definition) is 1. The van der Waals surface area contributed by atoms with E-state index in [9.17, 15) is 5.11 Å². The summed E-state index contributed by atoms with van der Waals surface area (Å²) in [5, 5.41) is 10.6. The van der Waals surface area contributed by atoms with Crippen LogP contribution in [0, 0.1) is 0 Å². The van der Waals surface area contributed by atoms with E-state index in [1.54, 1.807) is 0 Å². The summed E-state index contributed by atoms with van der Waals surface area (Å²) in [5.41, 5.74) is 4.69. The first kappa shape index (κ1) is 14.3. The molecule has 0 amide bonds. The fourth-order valence-corrected chi connectivity index (χ4v) is 2.98. The zero-order valence-corrected chi connectivity index (χ0v) is 12.9. The Morgan fingerprint density at radius 1 is 0.905 bits per heavy atom.